The maximum Gasteiger partial charge on any atom is 0.0708 e. The fourth-order valence-electron chi connectivity index (χ4n) is 3.75. The van der Waals surface area contributed by atoms with Gasteiger partial charge >= 0.3 is 0 Å². The average Bonchev–Trinajstić information content (AvgIpc) is 3.26. The van der Waals surface area contributed by atoms with E-state index >= 15 is 0 Å². The van der Waals surface area contributed by atoms with Crippen molar-refractivity contribution in [2.75, 3.05) is 26.2 Å². The maximum absolute atomic E-state index is 5.00. The Bertz CT molecular complexity index is 827. The standard InChI is InChI=1S/C27H37N3/c1-22(2)15-18-28-17-7-9-25-8-6-10-27(29-25)26(16-21-30-19-4-5-20-30)24-13-11-23(3)12-14-24/h6-8,10-14,16-17,22,28H,4-5,9,15,18-21H2,1-3H3. The topological polar surface area (TPSA) is 28.2 Å². The molecule has 2 heterocycles. The molecule has 1 saturated heterocycles. The summed E-state index contributed by atoms with van der Waals surface area (Å²) in [7, 11) is 0. The van der Waals surface area contributed by atoms with Crippen molar-refractivity contribution in [1.82, 2.24) is 15.2 Å². The van der Waals surface area contributed by atoms with Crippen LogP contribution in [0.5, 0.6) is 0 Å². The first-order valence-corrected chi connectivity index (χ1v) is 11.5. The summed E-state index contributed by atoms with van der Waals surface area (Å²) >= 11 is 0. The summed E-state index contributed by atoms with van der Waals surface area (Å²) < 4.78 is 0. The van der Waals surface area contributed by atoms with E-state index in [0.29, 0.717) is 0 Å². The van der Waals surface area contributed by atoms with Crippen molar-refractivity contribution in [2.45, 2.75) is 46.5 Å². The SMILES string of the molecule is Cc1ccc(C(=CCN2CCCC2)c2cccc(CC=CNCCC(C)C)n2)cc1. The lowest BCUT2D eigenvalue weighted by Crippen LogP contribution is -2.19. The fraction of sp³-hybridized carbons (Fsp3) is 0.444. The van der Waals surface area contributed by atoms with Gasteiger partial charge in [0.1, 0.15) is 0 Å². The van der Waals surface area contributed by atoms with E-state index in [1.807, 2.05) is 0 Å². The van der Waals surface area contributed by atoms with Crippen LogP contribution in [0.25, 0.3) is 5.57 Å². The second kappa shape index (κ2) is 11.7. The van der Waals surface area contributed by atoms with Gasteiger partial charge in [0.05, 0.1) is 5.69 Å². The van der Waals surface area contributed by atoms with E-state index in [9.17, 15) is 0 Å². The van der Waals surface area contributed by atoms with Gasteiger partial charge in [0, 0.05) is 30.8 Å². The first-order chi connectivity index (χ1) is 14.6. The minimum Gasteiger partial charge on any atom is -0.391 e. The number of aryl methyl sites for hydroxylation is 1. The van der Waals surface area contributed by atoms with Crippen molar-refractivity contribution >= 4 is 5.57 Å². The quantitative estimate of drug-likeness (QED) is 0.523. The third-order valence-corrected chi connectivity index (χ3v) is 5.63. The Morgan fingerprint density at radius 1 is 1.10 bits per heavy atom. The van der Waals surface area contributed by atoms with Crippen molar-refractivity contribution in [2.24, 2.45) is 5.92 Å². The van der Waals surface area contributed by atoms with Crippen LogP contribution in [0.15, 0.2) is 60.8 Å². The number of allylic oxidation sites excluding steroid dienone is 1. The van der Waals surface area contributed by atoms with Crippen molar-refractivity contribution < 1.29 is 0 Å². The molecule has 0 aliphatic carbocycles. The van der Waals surface area contributed by atoms with Gasteiger partial charge in [0.2, 0.25) is 0 Å². The highest BCUT2D eigenvalue weighted by Gasteiger charge is 2.12. The van der Waals surface area contributed by atoms with Crippen LogP contribution in [-0.4, -0.2) is 36.1 Å². The second-order valence-electron chi connectivity index (χ2n) is 8.75. The normalized spacial score (nSPS) is 15.4. The summed E-state index contributed by atoms with van der Waals surface area (Å²) in [6.07, 6.45) is 11.3. The first kappa shape index (κ1) is 22.3. The largest absolute Gasteiger partial charge is 0.391 e. The Morgan fingerprint density at radius 2 is 1.87 bits per heavy atom. The van der Waals surface area contributed by atoms with Gasteiger partial charge in [-0.2, -0.15) is 0 Å². The molecule has 3 nitrogen and oxygen atoms in total. The molecule has 3 heteroatoms. The molecule has 1 aliphatic rings. The number of nitrogens with zero attached hydrogens (tertiary/aromatic N) is 2. The number of pyridine rings is 1. The number of hydrogen-bond donors (Lipinski definition) is 1. The lowest BCUT2D eigenvalue weighted by molar-refractivity contribution is 0.377. The molecule has 1 N–H and O–H groups in total. The van der Waals surface area contributed by atoms with Gasteiger partial charge in [-0.05, 0) is 69.1 Å². The number of nitrogens with one attached hydrogen (secondary N) is 1. The number of rotatable bonds is 10. The van der Waals surface area contributed by atoms with Crippen LogP contribution in [0.4, 0.5) is 0 Å². The van der Waals surface area contributed by atoms with Crippen molar-refractivity contribution in [1.29, 1.82) is 0 Å². The molecule has 1 aromatic heterocycles. The Balaban J connectivity index is 1.72. The van der Waals surface area contributed by atoms with E-state index in [1.54, 1.807) is 0 Å². The highest BCUT2D eigenvalue weighted by atomic mass is 15.1. The molecule has 1 aromatic carbocycles. The van der Waals surface area contributed by atoms with E-state index in [-0.39, 0.29) is 0 Å². The molecule has 1 fully saturated rings. The van der Waals surface area contributed by atoms with Crippen molar-refractivity contribution in [3.8, 4) is 0 Å². The van der Waals surface area contributed by atoms with E-state index in [1.165, 1.54) is 49.1 Å². The van der Waals surface area contributed by atoms with E-state index in [2.05, 4.69) is 91.8 Å². The highest BCUT2D eigenvalue weighted by molar-refractivity contribution is 5.78. The predicted molar refractivity (Wildman–Crippen MR) is 128 cm³/mol. The highest BCUT2D eigenvalue weighted by Crippen LogP contribution is 2.23. The van der Waals surface area contributed by atoms with E-state index in [0.717, 1.165) is 36.8 Å². The predicted octanol–water partition coefficient (Wildman–Crippen LogP) is 5.61. The Kier molecular flexibility index (Phi) is 8.70. The molecule has 2 aromatic rings. The van der Waals surface area contributed by atoms with Crippen LogP contribution < -0.4 is 5.32 Å². The van der Waals surface area contributed by atoms with Gasteiger partial charge in [-0.3, -0.25) is 9.88 Å². The molecule has 0 radical (unpaired) electrons. The molecular weight excluding hydrogens is 366 g/mol. The molecule has 0 amide bonds. The zero-order valence-electron chi connectivity index (χ0n) is 18.9. The Labute approximate surface area is 182 Å². The molecule has 0 unspecified atom stereocenters. The zero-order chi connectivity index (χ0) is 21.2. The smallest absolute Gasteiger partial charge is 0.0708 e. The monoisotopic (exact) mass is 403 g/mol. The molecule has 30 heavy (non-hydrogen) atoms. The van der Waals surface area contributed by atoms with E-state index < -0.39 is 0 Å². The maximum atomic E-state index is 5.00. The summed E-state index contributed by atoms with van der Waals surface area (Å²) in [5.41, 5.74) is 5.94. The van der Waals surface area contributed by atoms with Crippen molar-refractivity contribution in [3.63, 3.8) is 0 Å². The number of aromatic nitrogens is 1. The van der Waals surface area contributed by atoms with Gasteiger partial charge in [-0.25, -0.2) is 0 Å². The minimum atomic E-state index is 0.733. The van der Waals surface area contributed by atoms with Crippen LogP contribution in [0.2, 0.25) is 0 Å². The van der Waals surface area contributed by atoms with Crippen LogP contribution in [0.1, 0.15) is 55.6 Å². The van der Waals surface area contributed by atoms with Gasteiger partial charge in [0.25, 0.3) is 0 Å². The van der Waals surface area contributed by atoms with E-state index in [4.69, 9.17) is 4.98 Å². The second-order valence-corrected chi connectivity index (χ2v) is 8.75. The molecule has 0 atom stereocenters. The lowest BCUT2D eigenvalue weighted by Gasteiger charge is -2.14. The Morgan fingerprint density at radius 3 is 2.60 bits per heavy atom. The van der Waals surface area contributed by atoms with Crippen LogP contribution in [0, 0.1) is 12.8 Å². The minimum absolute atomic E-state index is 0.733. The number of benzene rings is 1. The fourth-order valence-corrected chi connectivity index (χ4v) is 3.75. The van der Waals surface area contributed by atoms with Crippen molar-refractivity contribution in [3.05, 3.63) is 83.3 Å². The molecule has 1 aliphatic heterocycles. The average molecular weight is 404 g/mol. The summed E-state index contributed by atoms with van der Waals surface area (Å²) in [5, 5.41) is 3.38. The summed E-state index contributed by atoms with van der Waals surface area (Å²) in [4.78, 5) is 7.53. The van der Waals surface area contributed by atoms with Gasteiger partial charge in [-0.15, -0.1) is 0 Å². The van der Waals surface area contributed by atoms with Crippen LogP contribution in [0.3, 0.4) is 0 Å². The lowest BCUT2D eigenvalue weighted by atomic mass is 10.00. The zero-order valence-corrected chi connectivity index (χ0v) is 18.9. The molecule has 0 spiro atoms. The molecule has 3 rings (SSSR count). The first-order valence-electron chi connectivity index (χ1n) is 11.5. The Hall–Kier alpha value is -2.39. The van der Waals surface area contributed by atoms with Crippen LogP contribution >= 0.6 is 0 Å². The third-order valence-electron chi connectivity index (χ3n) is 5.63. The number of hydrogen-bond acceptors (Lipinski definition) is 3. The van der Waals surface area contributed by atoms with Gasteiger partial charge < -0.3 is 5.32 Å². The number of likely N-dealkylation sites (tertiary alicyclic amines) is 1. The third kappa shape index (κ3) is 7.14. The molecule has 160 valence electrons. The summed E-state index contributed by atoms with van der Waals surface area (Å²) in [6.45, 7) is 11.1. The van der Waals surface area contributed by atoms with Crippen LogP contribution in [-0.2, 0) is 6.42 Å². The molecule has 0 bridgehead atoms. The molecule has 0 saturated carbocycles. The van der Waals surface area contributed by atoms with Gasteiger partial charge in [-0.1, -0.05) is 61.9 Å². The summed E-state index contributed by atoms with van der Waals surface area (Å²) in [6, 6.07) is 15.2. The summed E-state index contributed by atoms with van der Waals surface area (Å²) in [5.74, 6) is 0.733. The van der Waals surface area contributed by atoms with Gasteiger partial charge in [0.15, 0.2) is 0 Å². The molecular formula is C27H37N3.